The highest BCUT2D eigenvalue weighted by Crippen LogP contribution is 2.36. The Balaban J connectivity index is 2.07. The number of ether oxygens (including phenoxy) is 3. The van der Waals surface area contributed by atoms with E-state index in [0.29, 0.717) is 5.69 Å². The molecule has 0 fully saturated rings. The van der Waals surface area contributed by atoms with Crippen LogP contribution >= 0.6 is 11.6 Å². The molecule has 26 heavy (non-hydrogen) atoms. The number of benzene rings is 2. The average Bonchev–Trinajstić information content (AvgIpc) is 2.62. The molecule has 0 aliphatic rings. The minimum atomic E-state index is -1.08. The van der Waals surface area contributed by atoms with Gasteiger partial charge >= 0.3 is 5.97 Å². The van der Waals surface area contributed by atoms with Gasteiger partial charge in [0, 0.05) is 5.69 Å². The van der Waals surface area contributed by atoms with Crippen LogP contribution in [0.25, 0.3) is 0 Å². The predicted octanol–water partition coefficient (Wildman–Crippen LogP) is 3.68. The molecule has 2 rings (SSSR count). The maximum absolute atomic E-state index is 12.9. The zero-order chi connectivity index (χ0) is 19.3. The molecule has 0 radical (unpaired) electrons. The highest BCUT2D eigenvalue weighted by molar-refractivity contribution is 6.32. The Labute approximate surface area is 154 Å². The molecule has 0 aliphatic carbocycles. The van der Waals surface area contributed by atoms with Gasteiger partial charge in [-0.05, 0) is 43.3 Å². The van der Waals surface area contributed by atoms with E-state index in [1.807, 2.05) is 0 Å². The van der Waals surface area contributed by atoms with Gasteiger partial charge in [0.2, 0.25) is 0 Å². The van der Waals surface area contributed by atoms with Gasteiger partial charge in [-0.15, -0.1) is 0 Å². The summed E-state index contributed by atoms with van der Waals surface area (Å²) in [7, 11) is 2.83. The number of hydrogen-bond acceptors (Lipinski definition) is 5. The van der Waals surface area contributed by atoms with E-state index < -0.39 is 23.8 Å². The monoisotopic (exact) mass is 381 g/mol. The number of amides is 1. The second-order valence-corrected chi connectivity index (χ2v) is 5.64. The Bertz CT molecular complexity index is 810. The van der Waals surface area contributed by atoms with Crippen molar-refractivity contribution in [3.8, 4) is 11.5 Å². The molecule has 0 aromatic heterocycles. The number of nitrogens with one attached hydrogen (secondary N) is 1. The van der Waals surface area contributed by atoms with Gasteiger partial charge in [-0.2, -0.15) is 0 Å². The molecule has 0 saturated carbocycles. The number of carbonyl (C=O) groups excluding carboxylic acids is 2. The molecule has 1 amide bonds. The lowest BCUT2D eigenvalue weighted by atomic mass is 10.2. The largest absolute Gasteiger partial charge is 0.493 e. The Morgan fingerprint density at radius 2 is 1.77 bits per heavy atom. The Morgan fingerprint density at radius 3 is 2.35 bits per heavy atom. The van der Waals surface area contributed by atoms with Crippen LogP contribution in [0.4, 0.5) is 10.1 Å². The molecule has 0 spiro atoms. The molecule has 0 saturated heterocycles. The fourth-order valence-electron chi connectivity index (χ4n) is 2.10. The van der Waals surface area contributed by atoms with Gasteiger partial charge in [0.25, 0.3) is 5.91 Å². The van der Waals surface area contributed by atoms with Gasteiger partial charge in [0.15, 0.2) is 17.6 Å². The van der Waals surface area contributed by atoms with E-state index in [2.05, 4.69) is 5.32 Å². The zero-order valence-corrected chi connectivity index (χ0v) is 15.1. The third kappa shape index (κ3) is 4.64. The first-order chi connectivity index (χ1) is 12.3. The third-order valence-corrected chi connectivity index (χ3v) is 3.71. The molecule has 2 aromatic rings. The van der Waals surface area contributed by atoms with E-state index >= 15 is 0 Å². The highest BCUT2D eigenvalue weighted by atomic mass is 35.5. The minimum Gasteiger partial charge on any atom is -0.493 e. The van der Waals surface area contributed by atoms with E-state index in [9.17, 15) is 14.0 Å². The summed E-state index contributed by atoms with van der Waals surface area (Å²) in [6.07, 6.45) is -1.08. The van der Waals surface area contributed by atoms with E-state index in [0.717, 1.165) is 0 Å². The number of methoxy groups -OCH3 is 2. The quantitative estimate of drug-likeness (QED) is 0.773. The van der Waals surface area contributed by atoms with Crippen molar-refractivity contribution in [2.75, 3.05) is 19.5 Å². The summed E-state index contributed by atoms with van der Waals surface area (Å²) in [6.45, 7) is 1.42. The van der Waals surface area contributed by atoms with Crippen LogP contribution in [0, 0.1) is 5.82 Å². The molecule has 1 atom stereocenters. The van der Waals surface area contributed by atoms with Crippen LogP contribution < -0.4 is 14.8 Å². The van der Waals surface area contributed by atoms with E-state index in [4.69, 9.17) is 25.8 Å². The van der Waals surface area contributed by atoms with Crippen molar-refractivity contribution in [1.82, 2.24) is 0 Å². The molecule has 2 aromatic carbocycles. The number of halogens is 2. The van der Waals surface area contributed by atoms with Gasteiger partial charge in [-0.3, -0.25) is 4.79 Å². The van der Waals surface area contributed by atoms with Crippen molar-refractivity contribution in [1.29, 1.82) is 0 Å². The second-order valence-electron chi connectivity index (χ2n) is 5.24. The van der Waals surface area contributed by atoms with Crippen LogP contribution in [0.15, 0.2) is 36.4 Å². The van der Waals surface area contributed by atoms with E-state index in [1.165, 1.54) is 57.5 Å². The summed E-state index contributed by atoms with van der Waals surface area (Å²) in [5.74, 6) is -1.19. The number of hydrogen-bond donors (Lipinski definition) is 1. The summed E-state index contributed by atoms with van der Waals surface area (Å²) >= 11 is 6.05. The average molecular weight is 382 g/mol. The summed E-state index contributed by atoms with van der Waals surface area (Å²) in [4.78, 5) is 24.4. The van der Waals surface area contributed by atoms with E-state index in [1.54, 1.807) is 0 Å². The van der Waals surface area contributed by atoms with Crippen molar-refractivity contribution >= 4 is 29.2 Å². The predicted molar refractivity (Wildman–Crippen MR) is 94.5 cm³/mol. The molecule has 8 heteroatoms. The number of rotatable bonds is 6. The molecule has 0 heterocycles. The Hall–Kier alpha value is -2.80. The normalized spacial score (nSPS) is 11.4. The van der Waals surface area contributed by atoms with Crippen molar-refractivity contribution in [3.63, 3.8) is 0 Å². The molecule has 0 aliphatic heterocycles. The van der Waals surface area contributed by atoms with Crippen LogP contribution in [0.5, 0.6) is 11.5 Å². The van der Waals surface area contributed by atoms with E-state index in [-0.39, 0.29) is 22.1 Å². The molecule has 138 valence electrons. The first kappa shape index (κ1) is 19.5. The van der Waals surface area contributed by atoms with Crippen LogP contribution in [-0.4, -0.2) is 32.2 Å². The van der Waals surface area contributed by atoms with Crippen LogP contribution in [-0.2, 0) is 9.53 Å². The molecule has 1 N–H and O–H groups in total. The molecular weight excluding hydrogens is 365 g/mol. The fourth-order valence-corrected chi connectivity index (χ4v) is 2.38. The summed E-state index contributed by atoms with van der Waals surface area (Å²) in [5.41, 5.74) is 0.488. The first-order valence-electron chi connectivity index (χ1n) is 7.54. The van der Waals surface area contributed by atoms with Gasteiger partial charge in [0.05, 0.1) is 24.8 Å². The van der Waals surface area contributed by atoms with Crippen molar-refractivity contribution in [2.45, 2.75) is 13.0 Å². The maximum Gasteiger partial charge on any atom is 0.339 e. The SMILES string of the molecule is COc1cc(C(=O)O[C@H](C)C(=O)Nc2ccc(F)cc2)cc(Cl)c1OC. The maximum atomic E-state index is 12.9. The van der Waals surface area contributed by atoms with Gasteiger partial charge in [-0.25, -0.2) is 9.18 Å². The van der Waals surface area contributed by atoms with Crippen LogP contribution in [0.2, 0.25) is 5.02 Å². The second kappa shape index (κ2) is 8.53. The van der Waals surface area contributed by atoms with Gasteiger partial charge in [0.1, 0.15) is 5.82 Å². The number of carbonyl (C=O) groups is 2. The third-order valence-electron chi connectivity index (χ3n) is 3.43. The molecule has 6 nitrogen and oxygen atoms in total. The zero-order valence-electron chi connectivity index (χ0n) is 14.3. The van der Waals surface area contributed by atoms with Crippen LogP contribution in [0.3, 0.4) is 0 Å². The first-order valence-corrected chi connectivity index (χ1v) is 7.92. The van der Waals surface area contributed by atoms with Gasteiger partial charge < -0.3 is 19.5 Å². The van der Waals surface area contributed by atoms with Crippen molar-refractivity contribution in [3.05, 3.63) is 52.8 Å². The minimum absolute atomic E-state index is 0.106. The molecule has 0 bridgehead atoms. The van der Waals surface area contributed by atoms with Crippen LogP contribution in [0.1, 0.15) is 17.3 Å². The van der Waals surface area contributed by atoms with Gasteiger partial charge in [-0.1, -0.05) is 11.6 Å². The fraction of sp³-hybridized carbons (Fsp3) is 0.222. The topological polar surface area (TPSA) is 73.9 Å². The lowest BCUT2D eigenvalue weighted by Crippen LogP contribution is -2.30. The summed E-state index contributed by atoms with van der Waals surface area (Å²) < 4.78 is 28.2. The Kier molecular flexibility index (Phi) is 6.41. The highest BCUT2D eigenvalue weighted by Gasteiger charge is 2.21. The number of anilines is 1. The number of esters is 1. The summed E-state index contributed by atoms with van der Waals surface area (Å²) in [5, 5.41) is 2.69. The lowest BCUT2D eigenvalue weighted by Gasteiger charge is -2.15. The lowest BCUT2D eigenvalue weighted by molar-refractivity contribution is -0.123. The standard InChI is InChI=1S/C18H17ClFNO5/c1-10(17(22)21-13-6-4-12(20)5-7-13)26-18(23)11-8-14(19)16(25-3)15(9-11)24-2/h4-10H,1-3H3,(H,21,22)/t10-/m1/s1. The molecular formula is C18H17ClFNO5. The Morgan fingerprint density at radius 1 is 1.12 bits per heavy atom. The van der Waals surface area contributed by atoms with Crippen molar-refractivity contribution < 1.29 is 28.2 Å². The summed E-state index contributed by atoms with van der Waals surface area (Å²) in [6, 6.07) is 7.97. The molecule has 0 unspecified atom stereocenters. The smallest absolute Gasteiger partial charge is 0.339 e. The van der Waals surface area contributed by atoms with Crippen molar-refractivity contribution in [2.24, 2.45) is 0 Å².